The Balaban J connectivity index is 2.99. The summed E-state index contributed by atoms with van der Waals surface area (Å²) in [6, 6.07) is 0. The van der Waals surface area contributed by atoms with Crippen LogP contribution in [0.15, 0.2) is 12.3 Å². The third-order valence-corrected chi connectivity index (χ3v) is 1.69. The van der Waals surface area contributed by atoms with E-state index in [1.165, 1.54) is 7.11 Å². The van der Waals surface area contributed by atoms with Gasteiger partial charge in [0.05, 0.1) is 12.7 Å². The topological polar surface area (TPSA) is 35.0 Å². The van der Waals surface area contributed by atoms with E-state index in [0.29, 0.717) is 11.8 Å². The van der Waals surface area contributed by atoms with Crippen molar-refractivity contribution < 1.29 is 4.74 Å². The average molecular weight is 219 g/mol. The number of aromatic nitrogens is 2. The van der Waals surface area contributed by atoms with Crippen LogP contribution in [0.1, 0.15) is 5.56 Å². The zero-order valence-electron chi connectivity index (χ0n) is 7.00. The fraction of sp³-hybridized carbons (Fsp3) is 0.250. The summed E-state index contributed by atoms with van der Waals surface area (Å²) in [5, 5.41) is 0.167. The Morgan fingerprint density at radius 1 is 1.62 bits per heavy atom. The van der Waals surface area contributed by atoms with Crippen LogP contribution >= 0.6 is 23.2 Å². The van der Waals surface area contributed by atoms with Gasteiger partial charge in [0, 0.05) is 12.1 Å². The largest absolute Gasteiger partial charge is 0.480 e. The minimum Gasteiger partial charge on any atom is -0.480 e. The summed E-state index contributed by atoms with van der Waals surface area (Å²) < 4.78 is 4.99. The number of nitrogens with zero attached hydrogens (tertiary/aromatic N) is 2. The van der Waals surface area contributed by atoms with Crippen molar-refractivity contribution in [3.63, 3.8) is 0 Å². The van der Waals surface area contributed by atoms with Gasteiger partial charge in [-0.25, -0.2) is 4.98 Å². The summed E-state index contributed by atoms with van der Waals surface area (Å²) in [6.07, 6.45) is 5.13. The summed E-state index contributed by atoms with van der Waals surface area (Å²) in [5.74, 6) is 0.882. The highest BCUT2D eigenvalue weighted by Gasteiger charge is 2.02. The number of methoxy groups -OCH3 is 1. The second kappa shape index (κ2) is 5.04. The van der Waals surface area contributed by atoms with E-state index in [-0.39, 0.29) is 5.28 Å². The van der Waals surface area contributed by atoms with E-state index in [4.69, 9.17) is 27.9 Å². The zero-order chi connectivity index (χ0) is 9.68. The van der Waals surface area contributed by atoms with Gasteiger partial charge < -0.3 is 4.74 Å². The normalized spacial score (nSPS) is 10.7. The third kappa shape index (κ3) is 2.86. The molecule has 70 valence electrons. The minimum absolute atomic E-state index is 0.167. The molecule has 3 nitrogen and oxygen atoms in total. The Morgan fingerprint density at radius 3 is 3.00 bits per heavy atom. The number of alkyl halides is 1. The number of hydrogen-bond donors (Lipinski definition) is 0. The third-order valence-electron chi connectivity index (χ3n) is 1.33. The van der Waals surface area contributed by atoms with Gasteiger partial charge in [0.2, 0.25) is 11.2 Å². The highest BCUT2D eigenvalue weighted by atomic mass is 35.5. The molecule has 0 aromatic carbocycles. The van der Waals surface area contributed by atoms with Crippen LogP contribution in [0.4, 0.5) is 0 Å². The molecule has 1 aromatic rings. The van der Waals surface area contributed by atoms with Gasteiger partial charge in [0.25, 0.3) is 0 Å². The number of rotatable bonds is 3. The molecule has 0 radical (unpaired) electrons. The maximum absolute atomic E-state index is 5.58. The first-order valence-corrected chi connectivity index (χ1v) is 4.48. The number of ether oxygens (including phenoxy) is 1. The lowest BCUT2D eigenvalue weighted by Gasteiger charge is -2.01. The van der Waals surface area contributed by atoms with E-state index in [1.54, 1.807) is 18.3 Å². The Kier molecular flexibility index (Phi) is 3.99. The van der Waals surface area contributed by atoms with Crippen LogP contribution in [-0.2, 0) is 0 Å². The van der Waals surface area contributed by atoms with Crippen molar-refractivity contribution >= 4 is 29.3 Å². The van der Waals surface area contributed by atoms with E-state index in [9.17, 15) is 0 Å². The fourth-order valence-corrected chi connectivity index (χ4v) is 1.02. The summed E-state index contributed by atoms with van der Waals surface area (Å²) in [4.78, 5) is 7.70. The second-order valence-electron chi connectivity index (χ2n) is 2.16. The van der Waals surface area contributed by atoms with Gasteiger partial charge in [0.15, 0.2) is 0 Å². The molecule has 0 aliphatic carbocycles. The first-order chi connectivity index (χ1) is 6.27. The van der Waals surface area contributed by atoms with Gasteiger partial charge >= 0.3 is 0 Å². The summed E-state index contributed by atoms with van der Waals surface area (Å²) in [7, 11) is 1.52. The molecule has 0 saturated heterocycles. The quantitative estimate of drug-likeness (QED) is 0.578. The molecular weight excluding hydrogens is 211 g/mol. The molecule has 1 aromatic heterocycles. The molecule has 0 bridgehead atoms. The predicted octanol–water partition coefficient (Wildman–Crippen LogP) is 2.39. The first kappa shape index (κ1) is 10.3. The van der Waals surface area contributed by atoms with Gasteiger partial charge in [-0.1, -0.05) is 12.2 Å². The van der Waals surface area contributed by atoms with Crippen LogP contribution in [0.3, 0.4) is 0 Å². The molecule has 0 amide bonds. The fourth-order valence-electron chi connectivity index (χ4n) is 0.805. The van der Waals surface area contributed by atoms with Crippen LogP contribution in [-0.4, -0.2) is 23.0 Å². The molecule has 0 saturated carbocycles. The molecular formula is C8H8Cl2N2O. The minimum atomic E-state index is 0.167. The van der Waals surface area contributed by atoms with Crippen molar-refractivity contribution in [2.75, 3.05) is 13.0 Å². The van der Waals surface area contributed by atoms with Gasteiger partial charge in [-0.15, -0.1) is 11.6 Å². The molecule has 0 unspecified atom stereocenters. The maximum atomic E-state index is 5.58. The van der Waals surface area contributed by atoms with Crippen molar-refractivity contribution in [3.8, 4) is 5.88 Å². The van der Waals surface area contributed by atoms with E-state index in [0.717, 1.165) is 5.56 Å². The number of halogens is 2. The van der Waals surface area contributed by atoms with Crippen molar-refractivity contribution in [1.82, 2.24) is 9.97 Å². The lowest BCUT2D eigenvalue weighted by molar-refractivity contribution is 0.396. The van der Waals surface area contributed by atoms with Crippen LogP contribution in [0.2, 0.25) is 5.28 Å². The molecule has 13 heavy (non-hydrogen) atoms. The summed E-state index contributed by atoms with van der Waals surface area (Å²) >= 11 is 11.1. The molecule has 0 aliphatic heterocycles. The van der Waals surface area contributed by atoms with Crippen molar-refractivity contribution in [3.05, 3.63) is 23.1 Å². The molecule has 0 fully saturated rings. The van der Waals surface area contributed by atoms with E-state index in [2.05, 4.69) is 9.97 Å². The highest BCUT2D eigenvalue weighted by molar-refractivity contribution is 6.28. The molecule has 1 rings (SSSR count). The standard InChI is InChI=1S/C8H8Cl2N2O/c1-13-7-6(3-2-4-9)5-11-8(10)12-7/h2-3,5H,4H2,1H3. The van der Waals surface area contributed by atoms with Crippen molar-refractivity contribution in [1.29, 1.82) is 0 Å². The van der Waals surface area contributed by atoms with Crippen LogP contribution in [0.5, 0.6) is 5.88 Å². The van der Waals surface area contributed by atoms with Crippen LogP contribution in [0, 0.1) is 0 Å². The molecule has 0 atom stereocenters. The molecule has 0 aliphatic rings. The molecule has 0 spiro atoms. The number of allylic oxidation sites excluding steroid dienone is 1. The Bertz CT molecular complexity index is 315. The van der Waals surface area contributed by atoms with Crippen molar-refractivity contribution in [2.45, 2.75) is 0 Å². The first-order valence-electron chi connectivity index (χ1n) is 3.57. The predicted molar refractivity (Wildman–Crippen MR) is 53.3 cm³/mol. The summed E-state index contributed by atoms with van der Waals surface area (Å²) in [5.41, 5.74) is 0.757. The van der Waals surface area contributed by atoms with Gasteiger partial charge in [-0.2, -0.15) is 4.98 Å². The van der Waals surface area contributed by atoms with Crippen LogP contribution in [0.25, 0.3) is 6.08 Å². The van der Waals surface area contributed by atoms with E-state index >= 15 is 0 Å². The van der Waals surface area contributed by atoms with Gasteiger partial charge in [0.1, 0.15) is 0 Å². The second-order valence-corrected chi connectivity index (χ2v) is 2.81. The highest BCUT2D eigenvalue weighted by Crippen LogP contribution is 2.17. The lowest BCUT2D eigenvalue weighted by Crippen LogP contribution is -1.93. The monoisotopic (exact) mass is 218 g/mol. The Hall–Kier alpha value is -0.800. The molecule has 0 N–H and O–H groups in total. The molecule has 1 heterocycles. The Labute approximate surface area is 86.4 Å². The zero-order valence-corrected chi connectivity index (χ0v) is 8.51. The van der Waals surface area contributed by atoms with E-state index in [1.807, 2.05) is 0 Å². The van der Waals surface area contributed by atoms with Gasteiger partial charge in [-0.3, -0.25) is 0 Å². The SMILES string of the molecule is COc1nc(Cl)ncc1C=CCCl. The number of hydrogen-bond acceptors (Lipinski definition) is 3. The van der Waals surface area contributed by atoms with Gasteiger partial charge in [-0.05, 0) is 11.6 Å². The smallest absolute Gasteiger partial charge is 0.225 e. The molecule has 5 heteroatoms. The maximum Gasteiger partial charge on any atom is 0.225 e. The van der Waals surface area contributed by atoms with E-state index < -0.39 is 0 Å². The average Bonchev–Trinajstić information content (AvgIpc) is 2.16. The lowest BCUT2D eigenvalue weighted by atomic mass is 10.3. The van der Waals surface area contributed by atoms with Crippen molar-refractivity contribution in [2.24, 2.45) is 0 Å². The summed E-state index contributed by atoms with van der Waals surface area (Å²) in [6.45, 7) is 0. The Morgan fingerprint density at radius 2 is 2.38 bits per heavy atom. The van der Waals surface area contributed by atoms with Crippen LogP contribution < -0.4 is 4.74 Å².